The van der Waals surface area contributed by atoms with E-state index < -0.39 is 0 Å². The molecule has 2 aliphatic heterocycles. The number of carbonyl (C=O) groups excluding carboxylic acids is 1. The van der Waals surface area contributed by atoms with E-state index in [0.717, 1.165) is 38.0 Å². The second-order valence-corrected chi connectivity index (χ2v) is 5.73. The van der Waals surface area contributed by atoms with Crippen molar-refractivity contribution in [2.45, 2.75) is 18.4 Å². The van der Waals surface area contributed by atoms with E-state index in [-0.39, 0.29) is 17.4 Å². The molecular formula is C15H20FN3O. The number of hydrogen-bond donors (Lipinski definition) is 1. The Morgan fingerprint density at radius 2 is 1.80 bits per heavy atom. The summed E-state index contributed by atoms with van der Waals surface area (Å²) in [7, 11) is 2.10. The molecule has 2 aliphatic rings. The van der Waals surface area contributed by atoms with E-state index in [2.05, 4.69) is 17.3 Å². The van der Waals surface area contributed by atoms with Crippen LogP contribution in [-0.2, 0) is 5.54 Å². The number of piperidine rings is 1. The highest BCUT2D eigenvalue weighted by Crippen LogP contribution is 2.39. The summed E-state index contributed by atoms with van der Waals surface area (Å²) in [6.07, 6.45) is 1.78. The standard InChI is InChI=1S/C15H20FN3O/c1-18-9-6-15(7-10-18,19-11-8-17-14(19)20)12-2-4-13(16)5-3-12/h2-5H,6-11H2,1H3,(H,17,20). The van der Waals surface area contributed by atoms with Gasteiger partial charge < -0.3 is 15.1 Å². The monoisotopic (exact) mass is 277 g/mol. The lowest BCUT2D eigenvalue weighted by Crippen LogP contribution is -2.53. The second kappa shape index (κ2) is 5.05. The molecule has 0 saturated carbocycles. The van der Waals surface area contributed by atoms with Gasteiger partial charge in [-0.2, -0.15) is 0 Å². The van der Waals surface area contributed by atoms with Crippen LogP contribution in [0.5, 0.6) is 0 Å². The SMILES string of the molecule is CN1CCC(c2ccc(F)cc2)(N2CCNC2=O)CC1. The van der Waals surface area contributed by atoms with Gasteiger partial charge in [-0.1, -0.05) is 12.1 Å². The summed E-state index contributed by atoms with van der Waals surface area (Å²) in [6.45, 7) is 3.31. The van der Waals surface area contributed by atoms with Crippen LogP contribution in [0.3, 0.4) is 0 Å². The highest BCUT2D eigenvalue weighted by molar-refractivity contribution is 5.77. The average molecular weight is 277 g/mol. The van der Waals surface area contributed by atoms with Crippen LogP contribution in [0.1, 0.15) is 18.4 Å². The first-order chi connectivity index (χ1) is 9.62. The van der Waals surface area contributed by atoms with E-state index in [4.69, 9.17) is 0 Å². The van der Waals surface area contributed by atoms with Gasteiger partial charge in [0.05, 0.1) is 5.54 Å². The number of amides is 2. The number of carbonyl (C=O) groups is 1. The molecule has 20 heavy (non-hydrogen) atoms. The van der Waals surface area contributed by atoms with Crippen LogP contribution in [0, 0.1) is 5.82 Å². The second-order valence-electron chi connectivity index (χ2n) is 5.73. The third kappa shape index (κ3) is 2.16. The molecule has 3 rings (SSSR count). The van der Waals surface area contributed by atoms with E-state index in [0.29, 0.717) is 6.54 Å². The molecule has 108 valence electrons. The number of halogens is 1. The zero-order chi connectivity index (χ0) is 14.2. The first kappa shape index (κ1) is 13.4. The van der Waals surface area contributed by atoms with Crippen LogP contribution in [0.25, 0.3) is 0 Å². The van der Waals surface area contributed by atoms with Crippen molar-refractivity contribution in [2.24, 2.45) is 0 Å². The molecule has 2 heterocycles. The third-order valence-electron chi connectivity index (χ3n) is 4.57. The van der Waals surface area contributed by atoms with Gasteiger partial charge in [-0.25, -0.2) is 9.18 Å². The number of benzene rings is 1. The molecule has 0 aromatic heterocycles. The van der Waals surface area contributed by atoms with Crippen molar-refractivity contribution in [1.29, 1.82) is 0 Å². The summed E-state index contributed by atoms with van der Waals surface area (Å²) < 4.78 is 13.2. The maximum atomic E-state index is 13.2. The lowest BCUT2D eigenvalue weighted by atomic mass is 9.79. The number of urea groups is 1. The maximum absolute atomic E-state index is 13.2. The summed E-state index contributed by atoms with van der Waals surface area (Å²) in [5, 5.41) is 2.88. The predicted octanol–water partition coefficient (Wildman–Crippen LogP) is 1.77. The fourth-order valence-corrected chi connectivity index (χ4v) is 3.34. The molecule has 1 N–H and O–H groups in total. The molecule has 1 aromatic carbocycles. The van der Waals surface area contributed by atoms with Gasteiger partial charge in [-0.15, -0.1) is 0 Å². The number of hydrogen-bond acceptors (Lipinski definition) is 2. The van der Waals surface area contributed by atoms with Gasteiger partial charge >= 0.3 is 6.03 Å². The van der Waals surface area contributed by atoms with Crippen LogP contribution in [0.15, 0.2) is 24.3 Å². The smallest absolute Gasteiger partial charge is 0.318 e. The molecule has 0 radical (unpaired) electrons. The summed E-state index contributed by atoms with van der Waals surface area (Å²) in [6, 6.07) is 6.63. The van der Waals surface area contributed by atoms with Gasteiger partial charge in [0.25, 0.3) is 0 Å². The van der Waals surface area contributed by atoms with Gasteiger partial charge in [0.1, 0.15) is 5.82 Å². The van der Waals surface area contributed by atoms with Crippen LogP contribution in [-0.4, -0.2) is 49.1 Å². The number of nitrogens with zero attached hydrogens (tertiary/aromatic N) is 2. The number of rotatable bonds is 2. The van der Waals surface area contributed by atoms with Gasteiger partial charge in [0, 0.05) is 26.2 Å². The summed E-state index contributed by atoms with van der Waals surface area (Å²) in [5.74, 6) is -0.234. The molecular weight excluding hydrogens is 257 g/mol. The Balaban J connectivity index is 1.99. The lowest BCUT2D eigenvalue weighted by Gasteiger charge is -2.46. The quantitative estimate of drug-likeness (QED) is 0.894. The first-order valence-electron chi connectivity index (χ1n) is 7.12. The zero-order valence-electron chi connectivity index (χ0n) is 11.7. The number of nitrogens with one attached hydrogen (secondary N) is 1. The molecule has 1 aromatic rings. The van der Waals surface area contributed by atoms with Crippen LogP contribution in [0.4, 0.5) is 9.18 Å². The largest absolute Gasteiger partial charge is 0.336 e. The third-order valence-corrected chi connectivity index (χ3v) is 4.57. The van der Waals surface area contributed by atoms with Crippen molar-refractivity contribution in [3.05, 3.63) is 35.6 Å². The zero-order valence-corrected chi connectivity index (χ0v) is 11.7. The minimum atomic E-state index is -0.291. The lowest BCUT2D eigenvalue weighted by molar-refractivity contribution is 0.0656. The normalized spacial score (nSPS) is 22.9. The van der Waals surface area contributed by atoms with Crippen LogP contribution < -0.4 is 5.32 Å². The summed E-state index contributed by atoms with van der Waals surface area (Å²) in [4.78, 5) is 16.3. The van der Waals surface area contributed by atoms with Gasteiger partial charge in [0.2, 0.25) is 0 Å². The van der Waals surface area contributed by atoms with Crippen molar-refractivity contribution in [1.82, 2.24) is 15.1 Å². The molecule has 0 atom stereocenters. The maximum Gasteiger partial charge on any atom is 0.318 e. The Labute approximate surface area is 118 Å². The minimum Gasteiger partial charge on any atom is -0.336 e. The van der Waals surface area contributed by atoms with Crippen molar-refractivity contribution < 1.29 is 9.18 Å². The van der Waals surface area contributed by atoms with Gasteiger partial charge in [-0.3, -0.25) is 0 Å². The Bertz CT molecular complexity index is 494. The Morgan fingerprint density at radius 3 is 2.35 bits per heavy atom. The fraction of sp³-hybridized carbons (Fsp3) is 0.533. The summed E-state index contributed by atoms with van der Waals surface area (Å²) in [5.41, 5.74) is 0.755. The summed E-state index contributed by atoms with van der Waals surface area (Å²) >= 11 is 0. The van der Waals surface area contributed by atoms with Gasteiger partial charge in [0.15, 0.2) is 0 Å². The van der Waals surface area contributed by atoms with E-state index in [1.165, 1.54) is 12.1 Å². The molecule has 0 spiro atoms. The average Bonchev–Trinajstić information content (AvgIpc) is 2.88. The molecule has 0 bridgehead atoms. The van der Waals surface area contributed by atoms with E-state index in [1.54, 1.807) is 0 Å². The highest BCUT2D eigenvalue weighted by atomic mass is 19.1. The van der Waals surface area contributed by atoms with Crippen molar-refractivity contribution >= 4 is 6.03 Å². The minimum absolute atomic E-state index is 0.00104. The molecule has 2 fully saturated rings. The van der Waals surface area contributed by atoms with Crippen LogP contribution in [0.2, 0.25) is 0 Å². The van der Waals surface area contributed by atoms with Crippen molar-refractivity contribution in [2.75, 3.05) is 33.2 Å². The topological polar surface area (TPSA) is 35.6 Å². The first-order valence-corrected chi connectivity index (χ1v) is 7.12. The predicted molar refractivity (Wildman–Crippen MR) is 74.9 cm³/mol. The molecule has 2 amide bonds. The number of likely N-dealkylation sites (tertiary alicyclic amines) is 1. The van der Waals surface area contributed by atoms with Crippen molar-refractivity contribution in [3.63, 3.8) is 0 Å². The fourth-order valence-electron chi connectivity index (χ4n) is 3.34. The van der Waals surface area contributed by atoms with Crippen LogP contribution >= 0.6 is 0 Å². The molecule has 4 nitrogen and oxygen atoms in total. The van der Waals surface area contributed by atoms with E-state index in [1.807, 2.05) is 17.0 Å². The molecule has 5 heteroatoms. The Hall–Kier alpha value is -1.62. The molecule has 0 aliphatic carbocycles. The molecule has 0 unspecified atom stereocenters. The van der Waals surface area contributed by atoms with Gasteiger partial charge in [-0.05, 0) is 37.6 Å². The Kier molecular flexibility index (Phi) is 3.38. The Morgan fingerprint density at radius 1 is 1.15 bits per heavy atom. The van der Waals surface area contributed by atoms with E-state index >= 15 is 0 Å². The highest BCUT2D eigenvalue weighted by Gasteiger charge is 2.44. The van der Waals surface area contributed by atoms with Crippen molar-refractivity contribution in [3.8, 4) is 0 Å². The molecule has 2 saturated heterocycles. The van der Waals surface area contributed by atoms with E-state index in [9.17, 15) is 9.18 Å².